The van der Waals surface area contributed by atoms with Crippen LogP contribution in [-0.4, -0.2) is 128 Å². The maximum absolute atomic E-state index is 14.5. The Labute approximate surface area is 378 Å². The number of aromatic nitrogens is 5. The number of piperazine rings is 1. The standard InChI is InChI=1S/C44H49ClN10O10/c1-43(2,3)64-40(59)36-21-27-20-30(12-14-32(27)55(36)42(61)65-44(4,5)6)48-37(56)35(19-26-7-10-29(11-8-26)49-41(60)46-23-31-24-62-17-18-63-31)53-16-15-52(38(57)39(53)58)34-22-28(45)9-13-33(34)54-25-47-50-51-54/h7-14,20-22,25,31,35H,15-19,23-24H2,1-6H3,(H,48,56)(H2,46,49,60). The van der Waals surface area contributed by atoms with Crippen LogP contribution in [0.4, 0.5) is 26.7 Å². The predicted molar refractivity (Wildman–Crippen MR) is 237 cm³/mol. The van der Waals surface area contributed by atoms with Crippen molar-refractivity contribution in [1.29, 1.82) is 0 Å². The Morgan fingerprint density at radius 2 is 1.58 bits per heavy atom. The first kappa shape index (κ1) is 46.1. The molecular formula is C44H49ClN10O10. The largest absolute Gasteiger partial charge is 0.455 e. The van der Waals surface area contributed by atoms with E-state index < -0.39 is 53.1 Å². The second-order valence-electron chi connectivity index (χ2n) is 17.3. The summed E-state index contributed by atoms with van der Waals surface area (Å²) in [6.45, 7) is 11.7. The van der Waals surface area contributed by atoms with Crippen LogP contribution in [-0.2, 0) is 39.8 Å². The third-order valence-electron chi connectivity index (χ3n) is 10.0. The molecular weight excluding hydrogens is 864 g/mol. The number of anilines is 3. The average Bonchev–Trinajstić information content (AvgIpc) is 3.92. The van der Waals surface area contributed by atoms with E-state index in [1.807, 2.05) is 0 Å². The molecule has 2 atom stereocenters. The Kier molecular flexibility index (Phi) is 13.5. The van der Waals surface area contributed by atoms with Gasteiger partial charge in [-0.3, -0.25) is 14.4 Å². The molecule has 0 saturated carbocycles. The second-order valence-corrected chi connectivity index (χ2v) is 17.7. The minimum Gasteiger partial charge on any atom is -0.455 e. The molecule has 5 amide bonds. The van der Waals surface area contributed by atoms with E-state index in [0.717, 1.165) is 4.57 Å². The van der Waals surface area contributed by atoms with Crippen LogP contribution in [0.1, 0.15) is 57.6 Å². The zero-order chi connectivity index (χ0) is 46.6. The zero-order valence-corrected chi connectivity index (χ0v) is 37.4. The summed E-state index contributed by atoms with van der Waals surface area (Å²) in [5.41, 5.74) is 0.485. The number of ether oxygens (including phenoxy) is 4. The monoisotopic (exact) mass is 912 g/mol. The molecule has 7 rings (SSSR count). The van der Waals surface area contributed by atoms with Gasteiger partial charge in [0.2, 0.25) is 5.91 Å². The summed E-state index contributed by atoms with van der Waals surface area (Å²) in [7, 11) is 0. The van der Waals surface area contributed by atoms with Crippen LogP contribution >= 0.6 is 11.6 Å². The van der Waals surface area contributed by atoms with Crippen molar-refractivity contribution >= 4 is 75.4 Å². The van der Waals surface area contributed by atoms with Gasteiger partial charge in [0, 0.05) is 47.8 Å². The summed E-state index contributed by atoms with van der Waals surface area (Å²) >= 11 is 6.35. The quantitative estimate of drug-likeness (QED) is 0.118. The summed E-state index contributed by atoms with van der Waals surface area (Å²) in [6.07, 6.45) is 0.238. The first-order valence-corrected chi connectivity index (χ1v) is 21.1. The summed E-state index contributed by atoms with van der Waals surface area (Å²) in [5, 5.41) is 20.4. The number of tetrazole rings is 1. The normalized spacial score (nSPS) is 16.3. The fraction of sp³-hybridized carbons (Fsp3) is 0.386. The van der Waals surface area contributed by atoms with Crippen molar-refractivity contribution in [3.05, 3.63) is 89.3 Å². The van der Waals surface area contributed by atoms with Gasteiger partial charge in [0.05, 0.1) is 42.8 Å². The third kappa shape index (κ3) is 11.3. The summed E-state index contributed by atoms with van der Waals surface area (Å²) < 4.78 is 24.7. The highest BCUT2D eigenvalue weighted by Crippen LogP contribution is 2.31. The summed E-state index contributed by atoms with van der Waals surface area (Å²) in [4.78, 5) is 84.8. The molecule has 20 nitrogen and oxygen atoms in total. The van der Waals surface area contributed by atoms with Gasteiger partial charge < -0.3 is 44.7 Å². The molecule has 2 fully saturated rings. The van der Waals surface area contributed by atoms with Crippen molar-refractivity contribution in [2.75, 3.05) is 55.0 Å². The van der Waals surface area contributed by atoms with Crippen LogP contribution in [0.3, 0.4) is 0 Å². The molecule has 0 spiro atoms. The van der Waals surface area contributed by atoms with Crippen LogP contribution in [0.15, 0.2) is 73.1 Å². The molecule has 3 N–H and O–H groups in total. The van der Waals surface area contributed by atoms with Gasteiger partial charge in [0.1, 0.15) is 29.3 Å². The van der Waals surface area contributed by atoms with E-state index in [4.69, 9.17) is 30.5 Å². The van der Waals surface area contributed by atoms with Gasteiger partial charge in [-0.15, -0.1) is 5.10 Å². The van der Waals surface area contributed by atoms with Gasteiger partial charge >= 0.3 is 29.9 Å². The maximum atomic E-state index is 14.5. The third-order valence-corrected chi connectivity index (χ3v) is 10.3. The lowest BCUT2D eigenvalue weighted by atomic mass is 10.0. The Balaban J connectivity index is 1.16. The number of amides is 5. The minimum absolute atomic E-state index is 0.0165. The van der Waals surface area contributed by atoms with Gasteiger partial charge in [0.25, 0.3) is 0 Å². The van der Waals surface area contributed by atoms with Gasteiger partial charge in [-0.2, -0.15) is 4.68 Å². The summed E-state index contributed by atoms with van der Waals surface area (Å²) in [6, 6.07) is 15.9. The van der Waals surface area contributed by atoms with Gasteiger partial charge in [-0.1, -0.05) is 23.7 Å². The second kappa shape index (κ2) is 19.1. The van der Waals surface area contributed by atoms with Gasteiger partial charge in [0.15, 0.2) is 0 Å². The van der Waals surface area contributed by atoms with Crippen molar-refractivity contribution in [3.63, 3.8) is 0 Å². The van der Waals surface area contributed by atoms with E-state index in [1.165, 1.54) is 32.9 Å². The molecule has 342 valence electrons. The minimum atomic E-state index is -1.23. The number of carbonyl (C=O) groups excluding carboxylic acids is 6. The van der Waals surface area contributed by atoms with Crippen LogP contribution < -0.4 is 20.9 Å². The Hall–Kier alpha value is -6.90. The van der Waals surface area contributed by atoms with Crippen LogP contribution in [0, 0.1) is 0 Å². The Morgan fingerprint density at radius 1 is 0.846 bits per heavy atom. The molecule has 2 unspecified atom stereocenters. The fourth-order valence-corrected chi connectivity index (χ4v) is 7.35. The van der Waals surface area contributed by atoms with Crippen molar-refractivity contribution in [3.8, 4) is 5.69 Å². The molecule has 4 heterocycles. The average molecular weight is 913 g/mol. The molecule has 65 heavy (non-hydrogen) atoms. The van der Waals surface area contributed by atoms with Gasteiger partial charge in [-0.25, -0.2) is 19.0 Å². The van der Waals surface area contributed by atoms with Crippen LogP contribution in [0.25, 0.3) is 16.6 Å². The number of nitrogens with zero attached hydrogens (tertiary/aromatic N) is 7. The van der Waals surface area contributed by atoms with Crippen molar-refractivity contribution in [2.45, 2.75) is 71.3 Å². The molecule has 0 aliphatic carbocycles. The van der Waals surface area contributed by atoms with E-state index in [-0.39, 0.29) is 49.2 Å². The number of benzene rings is 3. The Morgan fingerprint density at radius 3 is 2.26 bits per heavy atom. The van der Waals surface area contributed by atoms with E-state index >= 15 is 0 Å². The SMILES string of the molecule is CC(C)(C)OC(=O)c1cc2cc(NC(=O)C(Cc3ccc(NC(=O)NCC4COCCO4)cc3)N3CCN(c4cc(Cl)ccc4-n4cnnn4)C(=O)C3=O)ccc2n1C(=O)OC(C)(C)C. The number of hydrogen-bond donors (Lipinski definition) is 3. The van der Waals surface area contributed by atoms with E-state index in [2.05, 4.69) is 31.5 Å². The molecule has 2 aliphatic rings. The first-order chi connectivity index (χ1) is 30.8. The number of nitrogens with one attached hydrogen (secondary N) is 3. The predicted octanol–water partition coefficient (Wildman–Crippen LogP) is 4.97. The van der Waals surface area contributed by atoms with Crippen molar-refractivity contribution < 1.29 is 47.7 Å². The number of fused-ring (bicyclic) bond motifs is 1. The lowest BCUT2D eigenvalue weighted by molar-refractivity contribution is -0.149. The molecule has 5 aromatic rings. The molecule has 3 aromatic carbocycles. The molecule has 0 bridgehead atoms. The topological polar surface area (TPSA) is 230 Å². The highest BCUT2D eigenvalue weighted by molar-refractivity contribution is 6.41. The van der Waals surface area contributed by atoms with E-state index in [0.29, 0.717) is 52.7 Å². The molecule has 0 radical (unpaired) electrons. The highest BCUT2D eigenvalue weighted by Gasteiger charge is 2.41. The lowest BCUT2D eigenvalue weighted by Gasteiger charge is -2.38. The number of rotatable bonds is 11. The molecule has 2 saturated heterocycles. The smallest absolute Gasteiger partial charge is 0.419 e. The van der Waals surface area contributed by atoms with E-state index in [1.54, 1.807) is 96.1 Å². The lowest BCUT2D eigenvalue weighted by Crippen LogP contribution is -2.60. The fourth-order valence-electron chi connectivity index (χ4n) is 7.19. The van der Waals surface area contributed by atoms with Crippen LogP contribution in [0.5, 0.6) is 0 Å². The molecule has 2 aliphatic heterocycles. The maximum Gasteiger partial charge on any atom is 0.419 e. The Bertz CT molecular complexity index is 2600. The first-order valence-electron chi connectivity index (χ1n) is 20.7. The van der Waals surface area contributed by atoms with Gasteiger partial charge in [-0.05, 0) is 112 Å². The number of halogens is 1. The van der Waals surface area contributed by atoms with E-state index in [9.17, 15) is 28.8 Å². The number of urea groups is 1. The zero-order valence-electron chi connectivity index (χ0n) is 36.6. The van der Waals surface area contributed by atoms with Crippen LogP contribution in [0.2, 0.25) is 5.02 Å². The number of esters is 1. The molecule has 2 aromatic heterocycles. The van der Waals surface area contributed by atoms with Crippen molar-refractivity contribution in [2.24, 2.45) is 0 Å². The summed E-state index contributed by atoms with van der Waals surface area (Å²) in [5.74, 6) is -3.26. The number of carbonyl (C=O) groups is 6. The number of hydrogen-bond acceptors (Lipinski definition) is 13. The van der Waals surface area contributed by atoms with Crippen molar-refractivity contribution in [1.82, 2.24) is 35.0 Å². The molecule has 21 heteroatoms. The highest BCUT2D eigenvalue weighted by atomic mass is 35.5.